The van der Waals surface area contributed by atoms with Crippen molar-refractivity contribution in [1.29, 1.82) is 0 Å². The van der Waals surface area contributed by atoms with E-state index >= 15 is 0 Å². The zero-order chi connectivity index (χ0) is 12.8. The van der Waals surface area contributed by atoms with E-state index in [0.29, 0.717) is 28.2 Å². The average Bonchev–Trinajstić information content (AvgIpc) is 2.30. The number of halogens is 3. The van der Waals surface area contributed by atoms with Gasteiger partial charge in [0.25, 0.3) is 5.91 Å². The van der Waals surface area contributed by atoms with Gasteiger partial charge in [0.1, 0.15) is 0 Å². The number of ether oxygens (including phenoxy) is 1. The predicted octanol–water partition coefficient (Wildman–Crippen LogP) is 3.24. The van der Waals surface area contributed by atoms with Crippen LogP contribution in [0.4, 0.5) is 0 Å². The number of rotatable bonds is 5. The zero-order valence-corrected chi connectivity index (χ0v) is 13.1. The Morgan fingerprint density at radius 2 is 2.29 bits per heavy atom. The fourth-order valence-electron chi connectivity index (χ4n) is 1.22. The molecule has 1 rings (SSSR count). The SMILES string of the molecule is COCC(Br)CNC(=O)c1cccc(Br)c1Cl. The van der Waals surface area contributed by atoms with Gasteiger partial charge in [0.05, 0.1) is 22.0 Å². The molecular weight excluding hydrogens is 373 g/mol. The highest BCUT2D eigenvalue weighted by atomic mass is 79.9. The summed E-state index contributed by atoms with van der Waals surface area (Å²) in [5, 5.41) is 3.20. The molecule has 1 atom stereocenters. The number of alkyl halides is 1. The van der Waals surface area contributed by atoms with Crippen LogP contribution in [0.25, 0.3) is 0 Å². The quantitative estimate of drug-likeness (QED) is 0.791. The van der Waals surface area contributed by atoms with E-state index in [1.807, 2.05) is 0 Å². The smallest absolute Gasteiger partial charge is 0.252 e. The molecule has 0 spiro atoms. The van der Waals surface area contributed by atoms with E-state index in [1.165, 1.54) is 0 Å². The van der Waals surface area contributed by atoms with Crippen molar-refractivity contribution in [3.63, 3.8) is 0 Å². The van der Waals surface area contributed by atoms with E-state index in [2.05, 4.69) is 37.2 Å². The Kier molecular flexibility index (Phi) is 6.48. The first-order valence-electron chi connectivity index (χ1n) is 4.91. The summed E-state index contributed by atoms with van der Waals surface area (Å²) in [6, 6.07) is 5.24. The van der Waals surface area contributed by atoms with Crippen LogP contribution in [0.2, 0.25) is 5.02 Å². The van der Waals surface area contributed by atoms with Gasteiger partial charge < -0.3 is 10.1 Å². The molecule has 94 valence electrons. The molecular formula is C11H12Br2ClNO2. The number of methoxy groups -OCH3 is 1. The van der Waals surface area contributed by atoms with Gasteiger partial charge in [-0.2, -0.15) is 0 Å². The largest absolute Gasteiger partial charge is 0.383 e. The molecule has 0 saturated heterocycles. The van der Waals surface area contributed by atoms with Crippen molar-refractivity contribution < 1.29 is 9.53 Å². The first-order chi connectivity index (χ1) is 8.06. The molecule has 1 aromatic carbocycles. The van der Waals surface area contributed by atoms with Crippen molar-refractivity contribution >= 4 is 49.4 Å². The maximum absolute atomic E-state index is 11.8. The second-order valence-electron chi connectivity index (χ2n) is 3.36. The lowest BCUT2D eigenvalue weighted by atomic mass is 10.2. The lowest BCUT2D eigenvalue weighted by Crippen LogP contribution is -2.31. The number of nitrogens with one attached hydrogen (secondary N) is 1. The summed E-state index contributed by atoms with van der Waals surface area (Å²) in [5.41, 5.74) is 0.457. The van der Waals surface area contributed by atoms with Gasteiger partial charge in [0.15, 0.2) is 0 Å². The van der Waals surface area contributed by atoms with Crippen LogP contribution in [0.1, 0.15) is 10.4 Å². The van der Waals surface area contributed by atoms with E-state index in [1.54, 1.807) is 25.3 Å². The third-order valence-corrected chi connectivity index (χ3v) is 3.91. The van der Waals surface area contributed by atoms with Crippen LogP contribution in [0.5, 0.6) is 0 Å². The molecule has 0 bridgehead atoms. The van der Waals surface area contributed by atoms with Gasteiger partial charge in [-0.3, -0.25) is 4.79 Å². The number of hydrogen-bond donors (Lipinski definition) is 1. The number of carbonyl (C=O) groups excluding carboxylic acids is 1. The lowest BCUT2D eigenvalue weighted by molar-refractivity contribution is 0.0950. The number of hydrogen-bond acceptors (Lipinski definition) is 2. The molecule has 0 saturated carbocycles. The van der Waals surface area contributed by atoms with Crippen molar-refractivity contribution in [2.75, 3.05) is 20.3 Å². The van der Waals surface area contributed by atoms with Crippen LogP contribution in [0.15, 0.2) is 22.7 Å². The van der Waals surface area contributed by atoms with Crippen LogP contribution >= 0.6 is 43.5 Å². The molecule has 0 aliphatic carbocycles. The lowest BCUT2D eigenvalue weighted by Gasteiger charge is -2.11. The summed E-state index contributed by atoms with van der Waals surface area (Å²) in [6.45, 7) is 1.02. The van der Waals surface area contributed by atoms with E-state index in [4.69, 9.17) is 16.3 Å². The number of carbonyl (C=O) groups is 1. The Balaban J connectivity index is 2.61. The minimum Gasteiger partial charge on any atom is -0.383 e. The minimum atomic E-state index is -0.197. The molecule has 1 amide bonds. The molecule has 0 radical (unpaired) electrons. The van der Waals surface area contributed by atoms with Crippen LogP contribution in [-0.4, -0.2) is 31.0 Å². The van der Waals surface area contributed by atoms with E-state index in [0.717, 1.165) is 0 Å². The molecule has 0 aromatic heterocycles. The fraction of sp³-hybridized carbons (Fsp3) is 0.364. The highest BCUT2D eigenvalue weighted by molar-refractivity contribution is 9.10. The van der Waals surface area contributed by atoms with Gasteiger partial charge >= 0.3 is 0 Å². The number of benzene rings is 1. The second kappa shape index (κ2) is 7.36. The predicted molar refractivity (Wildman–Crippen MR) is 76.1 cm³/mol. The second-order valence-corrected chi connectivity index (χ2v) is 5.89. The summed E-state index contributed by atoms with van der Waals surface area (Å²) in [5.74, 6) is -0.197. The third-order valence-electron chi connectivity index (χ3n) is 2.03. The normalized spacial score (nSPS) is 12.2. The Morgan fingerprint density at radius 1 is 1.59 bits per heavy atom. The molecule has 1 unspecified atom stereocenters. The molecule has 3 nitrogen and oxygen atoms in total. The minimum absolute atomic E-state index is 0.0855. The summed E-state index contributed by atoms with van der Waals surface area (Å²) in [7, 11) is 1.61. The van der Waals surface area contributed by atoms with Crippen LogP contribution in [0, 0.1) is 0 Å². The van der Waals surface area contributed by atoms with Gasteiger partial charge in [-0.25, -0.2) is 0 Å². The molecule has 1 N–H and O–H groups in total. The average molecular weight is 385 g/mol. The Labute approximate surface area is 122 Å². The molecule has 17 heavy (non-hydrogen) atoms. The van der Waals surface area contributed by atoms with Crippen LogP contribution in [0.3, 0.4) is 0 Å². The number of amides is 1. The molecule has 0 fully saturated rings. The van der Waals surface area contributed by atoms with Crippen LogP contribution in [-0.2, 0) is 4.74 Å². The summed E-state index contributed by atoms with van der Waals surface area (Å²) < 4.78 is 5.66. The summed E-state index contributed by atoms with van der Waals surface area (Å²) in [4.78, 5) is 11.9. The zero-order valence-electron chi connectivity index (χ0n) is 9.17. The highest BCUT2D eigenvalue weighted by Gasteiger charge is 2.13. The fourth-order valence-corrected chi connectivity index (χ4v) is 2.22. The van der Waals surface area contributed by atoms with Crippen molar-refractivity contribution in [3.8, 4) is 0 Å². The van der Waals surface area contributed by atoms with Gasteiger partial charge in [0.2, 0.25) is 0 Å². The Hall–Kier alpha value is -0.100. The van der Waals surface area contributed by atoms with Crippen molar-refractivity contribution in [2.45, 2.75) is 4.83 Å². The first kappa shape index (κ1) is 15.0. The Morgan fingerprint density at radius 3 is 2.94 bits per heavy atom. The molecule has 0 aliphatic heterocycles. The van der Waals surface area contributed by atoms with Gasteiger partial charge in [-0.1, -0.05) is 33.6 Å². The third kappa shape index (κ3) is 4.58. The van der Waals surface area contributed by atoms with Crippen LogP contribution < -0.4 is 5.32 Å². The topological polar surface area (TPSA) is 38.3 Å². The molecule has 0 aliphatic rings. The Bertz CT molecular complexity index is 401. The van der Waals surface area contributed by atoms with Gasteiger partial charge in [-0.15, -0.1) is 0 Å². The highest BCUT2D eigenvalue weighted by Crippen LogP contribution is 2.25. The maximum Gasteiger partial charge on any atom is 0.252 e. The van der Waals surface area contributed by atoms with Crippen molar-refractivity contribution in [1.82, 2.24) is 5.32 Å². The van der Waals surface area contributed by atoms with Gasteiger partial charge in [0, 0.05) is 18.1 Å². The molecule has 1 aromatic rings. The van der Waals surface area contributed by atoms with Gasteiger partial charge in [-0.05, 0) is 28.1 Å². The van der Waals surface area contributed by atoms with Crippen molar-refractivity contribution in [2.24, 2.45) is 0 Å². The van der Waals surface area contributed by atoms with Crippen molar-refractivity contribution in [3.05, 3.63) is 33.3 Å². The monoisotopic (exact) mass is 383 g/mol. The summed E-state index contributed by atoms with van der Waals surface area (Å²) in [6.07, 6.45) is 0. The van der Waals surface area contributed by atoms with E-state index < -0.39 is 0 Å². The standard InChI is InChI=1S/C11H12Br2ClNO2/c1-17-6-7(12)5-15-11(16)8-3-2-4-9(13)10(8)14/h2-4,7H,5-6H2,1H3,(H,15,16). The first-order valence-corrected chi connectivity index (χ1v) is 7.00. The molecule has 0 heterocycles. The van der Waals surface area contributed by atoms with E-state index in [-0.39, 0.29) is 10.7 Å². The summed E-state index contributed by atoms with van der Waals surface area (Å²) >= 11 is 12.7. The maximum atomic E-state index is 11.8. The van der Waals surface area contributed by atoms with E-state index in [9.17, 15) is 4.79 Å². The molecule has 6 heteroatoms.